The van der Waals surface area contributed by atoms with Gasteiger partial charge in [0.1, 0.15) is 12.4 Å². The predicted molar refractivity (Wildman–Crippen MR) is 178 cm³/mol. The topological polar surface area (TPSA) is 75.6 Å². The van der Waals surface area contributed by atoms with Gasteiger partial charge in [-0.2, -0.15) is 5.10 Å². The van der Waals surface area contributed by atoms with Crippen LogP contribution in [0.2, 0.25) is 0 Å². The molecule has 0 atom stereocenters. The van der Waals surface area contributed by atoms with Crippen molar-refractivity contribution < 1.29 is 19.0 Å². The van der Waals surface area contributed by atoms with Gasteiger partial charge in [0.15, 0.2) is 11.5 Å². The summed E-state index contributed by atoms with van der Waals surface area (Å²) in [6.07, 6.45) is 1.58. The number of ether oxygens (including phenoxy) is 3. The van der Waals surface area contributed by atoms with E-state index in [4.69, 9.17) is 14.2 Å². The van der Waals surface area contributed by atoms with E-state index < -0.39 is 0 Å². The van der Waals surface area contributed by atoms with Crippen molar-refractivity contribution in [1.29, 1.82) is 0 Å². The van der Waals surface area contributed by atoms with Gasteiger partial charge in [-0.15, -0.1) is 0 Å². The number of hydrogen-bond acceptors (Lipinski definition) is 7. The first-order valence-corrected chi connectivity index (χ1v) is 15.3. The molecule has 1 amide bonds. The molecule has 44 heavy (non-hydrogen) atoms. The van der Waals surface area contributed by atoms with E-state index in [9.17, 15) is 4.79 Å². The van der Waals surface area contributed by atoms with Gasteiger partial charge in [0.25, 0.3) is 5.91 Å². The van der Waals surface area contributed by atoms with Crippen molar-refractivity contribution in [1.82, 2.24) is 10.3 Å². The van der Waals surface area contributed by atoms with Crippen LogP contribution in [0.25, 0.3) is 0 Å². The summed E-state index contributed by atoms with van der Waals surface area (Å²) < 4.78 is 17.9. The molecule has 0 bridgehead atoms. The number of methoxy groups -OCH3 is 2. The van der Waals surface area contributed by atoms with Crippen LogP contribution in [0.5, 0.6) is 17.2 Å². The van der Waals surface area contributed by atoms with Crippen molar-refractivity contribution in [3.8, 4) is 17.2 Å². The number of halogens is 1. The standard InChI is InChI=1S/C35H37BrN4O4/c1-25-8-10-27(11-9-25)24-44-34-30(36)20-28(21-33(34)43-3)22-37-38-35(41)29-14-12-26(13-15-29)23-39-16-18-40(19-17-39)31-6-4-5-7-32(31)42-2/h4-15,20-22H,16-19,23-24H2,1-3H3,(H,38,41)/b37-22-. The number of para-hydroxylation sites is 2. The molecule has 5 rings (SSSR count). The maximum atomic E-state index is 12.7. The highest BCUT2D eigenvalue weighted by Gasteiger charge is 2.20. The first-order chi connectivity index (χ1) is 21.4. The summed E-state index contributed by atoms with van der Waals surface area (Å²) in [4.78, 5) is 17.5. The van der Waals surface area contributed by atoms with E-state index in [0.29, 0.717) is 23.7 Å². The van der Waals surface area contributed by atoms with Crippen LogP contribution >= 0.6 is 15.9 Å². The summed E-state index contributed by atoms with van der Waals surface area (Å²) in [6, 6.07) is 27.7. The number of piperazine rings is 1. The van der Waals surface area contributed by atoms with E-state index in [2.05, 4.69) is 61.4 Å². The second kappa shape index (κ2) is 14.9. The highest BCUT2D eigenvalue weighted by molar-refractivity contribution is 9.10. The van der Waals surface area contributed by atoms with Crippen LogP contribution in [-0.2, 0) is 13.2 Å². The maximum absolute atomic E-state index is 12.7. The maximum Gasteiger partial charge on any atom is 0.271 e. The summed E-state index contributed by atoms with van der Waals surface area (Å²) in [5.74, 6) is 1.80. The summed E-state index contributed by atoms with van der Waals surface area (Å²) in [6.45, 7) is 7.08. The molecule has 4 aromatic carbocycles. The fourth-order valence-corrected chi connectivity index (χ4v) is 5.66. The molecular formula is C35H37BrN4O4. The van der Waals surface area contributed by atoms with Gasteiger partial charge in [-0.3, -0.25) is 9.69 Å². The number of carbonyl (C=O) groups excluding carboxylic acids is 1. The lowest BCUT2D eigenvalue weighted by Crippen LogP contribution is -2.46. The van der Waals surface area contributed by atoms with Gasteiger partial charge < -0.3 is 19.1 Å². The Balaban J connectivity index is 1.11. The molecule has 0 aromatic heterocycles. The zero-order valence-corrected chi connectivity index (χ0v) is 26.8. The van der Waals surface area contributed by atoms with Crippen LogP contribution in [0.1, 0.15) is 32.6 Å². The fourth-order valence-electron chi connectivity index (χ4n) is 5.08. The van der Waals surface area contributed by atoms with Gasteiger partial charge in [-0.1, -0.05) is 54.1 Å². The zero-order chi connectivity index (χ0) is 30.9. The first kappa shape index (κ1) is 31.1. The molecule has 1 saturated heterocycles. The molecule has 4 aromatic rings. The quantitative estimate of drug-likeness (QED) is 0.148. The normalized spacial score (nSPS) is 13.6. The van der Waals surface area contributed by atoms with Crippen molar-refractivity contribution >= 4 is 33.7 Å². The Hall–Kier alpha value is -4.34. The molecular weight excluding hydrogens is 620 g/mol. The number of nitrogens with zero attached hydrogens (tertiary/aromatic N) is 3. The monoisotopic (exact) mass is 656 g/mol. The summed E-state index contributed by atoms with van der Waals surface area (Å²) in [7, 11) is 3.31. The molecule has 1 fully saturated rings. The molecule has 228 valence electrons. The van der Waals surface area contributed by atoms with Crippen LogP contribution in [0.4, 0.5) is 5.69 Å². The van der Waals surface area contributed by atoms with Crippen molar-refractivity contribution in [2.45, 2.75) is 20.1 Å². The number of rotatable bonds is 11. The molecule has 0 aliphatic carbocycles. The number of amides is 1. The molecule has 0 spiro atoms. The fraction of sp³-hybridized carbons (Fsp3) is 0.257. The van der Waals surface area contributed by atoms with Crippen LogP contribution in [0, 0.1) is 6.92 Å². The molecule has 0 saturated carbocycles. The van der Waals surface area contributed by atoms with Gasteiger partial charge in [-0.25, -0.2) is 5.43 Å². The largest absolute Gasteiger partial charge is 0.495 e. The highest BCUT2D eigenvalue weighted by atomic mass is 79.9. The van der Waals surface area contributed by atoms with Crippen molar-refractivity contribution in [3.05, 3.63) is 117 Å². The molecule has 1 heterocycles. The second-order valence-electron chi connectivity index (χ2n) is 10.6. The average molecular weight is 658 g/mol. The number of hydrazone groups is 1. The van der Waals surface area contributed by atoms with Crippen LogP contribution in [0.3, 0.4) is 0 Å². The Labute approximate surface area is 267 Å². The lowest BCUT2D eigenvalue weighted by Gasteiger charge is -2.36. The SMILES string of the molecule is COc1ccccc1N1CCN(Cc2ccc(C(=O)N/N=C\c3cc(Br)c(OCc4ccc(C)cc4)c(OC)c3)cc2)CC1. The molecule has 1 N–H and O–H groups in total. The van der Waals surface area contributed by atoms with E-state index in [1.807, 2.05) is 66.7 Å². The lowest BCUT2D eigenvalue weighted by molar-refractivity contribution is 0.0955. The minimum atomic E-state index is -0.276. The molecule has 1 aliphatic heterocycles. The van der Waals surface area contributed by atoms with E-state index in [-0.39, 0.29) is 5.91 Å². The highest BCUT2D eigenvalue weighted by Crippen LogP contribution is 2.37. The van der Waals surface area contributed by atoms with E-state index >= 15 is 0 Å². The van der Waals surface area contributed by atoms with Crippen LogP contribution in [0.15, 0.2) is 94.5 Å². The van der Waals surface area contributed by atoms with Crippen LogP contribution < -0.4 is 24.5 Å². The minimum Gasteiger partial charge on any atom is -0.495 e. The first-order valence-electron chi connectivity index (χ1n) is 14.5. The van der Waals surface area contributed by atoms with E-state index in [0.717, 1.165) is 65.3 Å². The number of benzene rings is 4. The van der Waals surface area contributed by atoms with Crippen molar-refractivity contribution in [2.75, 3.05) is 45.3 Å². The number of carbonyl (C=O) groups is 1. The molecule has 8 nitrogen and oxygen atoms in total. The smallest absolute Gasteiger partial charge is 0.271 e. The van der Waals surface area contributed by atoms with Gasteiger partial charge in [0.05, 0.1) is 30.6 Å². The lowest BCUT2D eigenvalue weighted by atomic mass is 10.1. The molecule has 1 aliphatic rings. The Bertz CT molecular complexity index is 1580. The summed E-state index contributed by atoms with van der Waals surface area (Å²) in [5.41, 5.74) is 8.48. The third-order valence-corrected chi connectivity index (χ3v) is 8.14. The summed E-state index contributed by atoms with van der Waals surface area (Å²) in [5, 5.41) is 4.16. The van der Waals surface area contributed by atoms with Crippen molar-refractivity contribution in [3.63, 3.8) is 0 Å². The average Bonchev–Trinajstić information content (AvgIpc) is 3.05. The third-order valence-electron chi connectivity index (χ3n) is 7.56. The molecule has 9 heteroatoms. The van der Waals surface area contributed by atoms with Gasteiger partial charge in [0, 0.05) is 38.3 Å². The Morgan fingerprint density at radius 2 is 1.57 bits per heavy atom. The number of anilines is 1. The Kier molecular flexibility index (Phi) is 10.5. The number of hydrogen-bond donors (Lipinski definition) is 1. The number of aryl methyl sites for hydroxylation is 1. The van der Waals surface area contributed by atoms with Gasteiger partial charge in [-0.05, 0) is 75.9 Å². The summed E-state index contributed by atoms with van der Waals surface area (Å²) >= 11 is 3.58. The predicted octanol–water partition coefficient (Wildman–Crippen LogP) is 6.44. The second-order valence-corrected chi connectivity index (χ2v) is 11.5. The van der Waals surface area contributed by atoms with Gasteiger partial charge in [0.2, 0.25) is 0 Å². The van der Waals surface area contributed by atoms with Gasteiger partial charge >= 0.3 is 0 Å². The Morgan fingerprint density at radius 1 is 0.886 bits per heavy atom. The van der Waals surface area contributed by atoms with E-state index in [1.54, 1.807) is 20.4 Å². The third kappa shape index (κ3) is 7.98. The van der Waals surface area contributed by atoms with Crippen molar-refractivity contribution in [2.24, 2.45) is 5.10 Å². The minimum absolute atomic E-state index is 0.276. The zero-order valence-electron chi connectivity index (χ0n) is 25.3. The van der Waals surface area contributed by atoms with E-state index in [1.165, 1.54) is 5.56 Å². The molecule has 0 radical (unpaired) electrons. The Morgan fingerprint density at radius 3 is 2.27 bits per heavy atom. The molecule has 0 unspecified atom stereocenters. The van der Waals surface area contributed by atoms with Crippen LogP contribution in [-0.4, -0.2) is 57.4 Å². The number of nitrogens with one attached hydrogen (secondary N) is 1.